The van der Waals surface area contributed by atoms with Gasteiger partial charge in [-0.05, 0) is 43.1 Å². The van der Waals surface area contributed by atoms with E-state index in [9.17, 15) is 14.6 Å². The molecule has 16 heavy (non-hydrogen) atoms. The fraction of sp³-hybridized carbons (Fsp3) is 0.455. The molecule has 0 aliphatic heterocycles. The zero-order chi connectivity index (χ0) is 12.3. The number of aliphatic hydroxyl groups excluding tert-OH is 2. The first-order chi connectivity index (χ1) is 7.47. The molecular weight excluding hydrogens is 211 g/mol. The monoisotopic (exact) mass is 228 g/mol. The highest BCUT2D eigenvalue weighted by molar-refractivity contribution is 5.51. The van der Waals surface area contributed by atoms with Gasteiger partial charge in [0.1, 0.15) is 11.9 Å². The fourth-order valence-electron chi connectivity index (χ4n) is 1.57. The molecule has 90 valence electrons. The molecule has 1 aromatic carbocycles. The van der Waals surface area contributed by atoms with Gasteiger partial charge >= 0.3 is 0 Å². The molecule has 0 fully saturated rings. The van der Waals surface area contributed by atoms with E-state index in [1.807, 2.05) is 0 Å². The standard InChI is InChI=1S/C11H17FN2O2/c1-6-8(4-7(12)5-9(6)14)11(16)10(15)2-3-13/h4-5,10-11,15-16H,2-3,13-14H2,1H3. The minimum absolute atomic E-state index is 0.247. The number of aliphatic hydroxyl groups is 2. The molecule has 0 saturated carbocycles. The number of nitrogen functional groups attached to an aromatic ring is 1. The molecule has 2 unspecified atom stereocenters. The van der Waals surface area contributed by atoms with Gasteiger partial charge < -0.3 is 21.7 Å². The van der Waals surface area contributed by atoms with Crippen molar-refractivity contribution < 1.29 is 14.6 Å². The summed E-state index contributed by atoms with van der Waals surface area (Å²) in [5.74, 6) is -0.530. The lowest BCUT2D eigenvalue weighted by molar-refractivity contribution is 0.0145. The van der Waals surface area contributed by atoms with E-state index in [4.69, 9.17) is 11.5 Å². The minimum Gasteiger partial charge on any atom is -0.398 e. The number of halogens is 1. The first kappa shape index (κ1) is 12.9. The van der Waals surface area contributed by atoms with Gasteiger partial charge in [0.05, 0.1) is 6.10 Å². The maximum atomic E-state index is 13.1. The number of hydrogen-bond acceptors (Lipinski definition) is 4. The Labute approximate surface area is 93.7 Å². The molecule has 4 nitrogen and oxygen atoms in total. The molecule has 0 aromatic heterocycles. The summed E-state index contributed by atoms with van der Waals surface area (Å²) in [6.07, 6.45) is -1.93. The average Bonchev–Trinajstić information content (AvgIpc) is 2.22. The summed E-state index contributed by atoms with van der Waals surface area (Å²) in [6, 6.07) is 2.36. The van der Waals surface area contributed by atoms with Gasteiger partial charge in [-0.1, -0.05) is 0 Å². The first-order valence-corrected chi connectivity index (χ1v) is 5.09. The molecule has 0 heterocycles. The van der Waals surface area contributed by atoms with Crippen LogP contribution in [0, 0.1) is 12.7 Å². The number of rotatable bonds is 4. The quantitative estimate of drug-likeness (QED) is 0.563. The van der Waals surface area contributed by atoms with Gasteiger partial charge in [-0.25, -0.2) is 4.39 Å². The lowest BCUT2D eigenvalue weighted by atomic mass is 9.96. The van der Waals surface area contributed by atoms with Crippen molar-refractivity contribution in [3.05, 3.63) is 29.1 Å². The zero-order valence-electron chi connectivity index (χ0n) is 9.15. The van der Waals surface area contributed by atoms with Gasteiger partial charge in [0.2, 0.25) is 0 Å². The Kier molecular flexibility index (Phi) is 4.23. The predicted octanol–water partition coefficient (Wildman–Crippen LogP) is 0.459. The number of hydrogen-bond donors (Lipinski definition) is 4. The third kappa shape index (κ3) is 2.69. The van der Waals surface area contributed by atoms with Crippen LogP contribution in [0.4, 0.5) is 10.1 Å². The van der Waals surface area contributed by atoms with Crippen LogP contribution in [0.5, 0.6) is 0 Å². The van der Waals surface area contributed by atoms with Crippen LogP contribution in [0.15, 0.2) is 12.1 Å². The minimum atomic E-state index is -1.17. The van der Waals surface area contributed by atoms with Crippen LogP contribution in [0.3, 0.4) is 0 Å². The third-order valence-corrected chi connectivity index (χ3v) is 2.60. The van der Waals surface area contributed by atoms with E-state index in [2.05, 4.69) is 0 Å². The van der Waals surface area contributed by atoms with Gasteiger partial charge in [-0.2, -0.15) is 0 Å². The maximum Gasteiger partial charge on any atom is 0.125 e. The van der Waals surface area contributed by atoms with Crippen LogP contribution >= 0.6 is 0 Å². The summed E-state index contributed by atoms with van der Waals surface area (Å²) < 4.78 is 13.1. The predicted molar refractivity (Wildman–Crippen MR) is 60.2 cm³/mol. The molecule has 0 aliphatic carbocycles. The maximum absolute atomic E-state index is 13.1. The van der Waals surface area contributed by atoms with Crippen LogP contribution in [0.25, 0.3) is 0 Å². The van der Waals surface area contributed by atoms with E-state index >= 15 is 0 Å². The number of anilines is 1. The van der Waals surface area contributed by atoms with Crippen molar-refractivity contribution >= 4 is 5.69 Å². The molecule has 0 saturated heterocycles. The Hall–Kier alpha value is -1.17. The van der Waals surface area contributed by atoms with Crippen molar-refractivity contribution in [2.75, 3.05) is 12.3 Å². The molecule has 6 N–H and O–H groups in total. The smallest absolute Gasteiger partial charge is 0.125 e. The lowest BCUT2D eigenvalue weighted by Crippen LogP contribution is -2.22. The number of benzene rings is 1. The van der Waals surface area contributed by atoms with E-state index in [1.54, 1.807) is 6.92 Å². The van der Waals surface area contributed by atoms with Crippen LogP contribution in [-0.2, 0) is 0 Å². The van der Waals surface area contributed by atoms with Crippen molar-refractivity contribution in [1.82, 2.24) is 0 Å². The van der Waals surface area contributed by atoms with Crippen LogP contribution in [-0.4, -0.2) is 22.9 Å². The molecule has 0 radical (unpaired) electrons. The molecule has 0 amide bonds. The molecular formula is C11H17FN2O2. The summed E-state index contributed by atoms with van der Waals surface area (Å²) >= 11 is 0. The second-order valence-corrected chi connectivity index (χ2v) is 3.80. The first-order valence-electron chi connectivity index (χ1n) is 5.09. The van der Waals surface area contributed by atoms with E-state index in [1.165, 1.54) is 12.1 Å². The fourth-order valence-corrected chi connectivity index (χ4v) is 1.57. The molecule has 1 rings (SSSR count). The van der Waals surface area contributed by atoms with Crippen molar-refractivity contribution in [2.24, 2.45) is 5.73 Å². The highest BCUT2D eigenvalue weighted by atomic mass is 19.1. The lowest BCUT2D eigenvalue weighted by Gasteiger charge is -2.20. The van der Waals surface area contributed by atoms with Crippen LogP contribution in [0.2, 0.25) is 0 Å². The van der Waals surface area contributed by atoms with Gasteiger partial charge in [0.15, 0.2) is 0 Å². The second-order valence-electron chi connectivity index (χ2n) is 3.80. The van der Waals surface area contributed by atoms with Crippen molar-refractivity contribution in [3.8, 4) is 0 Å². The molecule has 0 spiro atoms. The van der Waals surface area contributed by atoms with Crippen molar-refractivity contribution in [3.63, 3.8) is 0 Å². The summed E-state index contributed by atoms with van der Waals surface area (Å²) in [7, 11) is 0. The van der Waals surface area contributed by atoms with E-state index in [0.29, 0.717) is 11.1 Å². The van der Waals surface area contributed by atoms with E-state index < -0.39 is 18.0 Å². The van der Waals surface area contributed by atoms with Gasteiger partial charge in [0.25, 0.3) is 0 Å². The Morgan fingerprint density at radius 1 is 1.38 bits per heavy atom. The van der Waals surface area contributed by atoms with Crippen molar-refractivity contribution in [2.45, 2.75) is 25.6 Å². The molecule has 5 heteroatoms. The molecule has 0 aliphatic rings. The van der Waals surface area contributed by atoms with Crippen LogP contribution < -0.4 is 11.5 Å². The van der Waals surface area contributed by atoms with Gasteiger partial charge in [0, 0.05) is 5.69 Å². The summed E-state index contributed by atoms with van der Waals surface area (Å²) in [4.78, 5) is 0. The number of nitrogens with two attached hydrogens (primary N) is 2. The SMILES string of the molecule is Cc1c(N)cc(F)cc1C(O)C(O)CCN. The average molecular weight is 228 g/mol. The van der Waals surface area contributed by atoms with Crippen molar-refractivity contribution in [1.29, 1.82) is 0 Å². The normalized spacial score (nSPS) is 14.8. The Bertz CT molecular complexity index is 371. The summed E-state index contributed by atoms with van der Waals surface area (Å²) in [6.45, 7) is 1.92. The highest BCUT2D eigenvalue weighted by Crippen LogP contribution is 2.27. The molecule has 2 atom stereocenters. The Balaban J connectivity index is 3.03. The topological polar surface area (TPSA) is 92.5 Å². The van der Waals surface area contributed by atoms with E-state index in [-0.39, 0.29) is 18.7 Å². The zero-order valence-corrected chi connectivity index (χ0v) is 9.15. The third-order valence-electron chi connectivity index (χ3n) is 2.60. The van der Waals surface area contributed by atoms with Gasteiger partial charge in [-0.3, -0.25) is 0 Å². The molecule has 0 bridgehead atoms. The van der Waals surface area contributed by atoms with Crippen LogP contribution in [0.1, 0.15) is 23.7 Å². The summed E-state index contributed by atoms with van der Waals surface area (Å²) in [5.41, 5.74) is 12.0. The largest absolute Gasteiger partial charge is 0.398 e. The van der Waals surface area contributed by atoms with E-state index in [0.717, 1.165) is 0 Å². The Morgan fingerprint density at radius 2 is 2.00 bits per heavy atom. The Morgan fingerprint density at radius 3 is 2.56 bits per heavy atom. The highest BCUT2D eigenvalue weighted by Gasteiger charge is 2.21. The molecule has 1 aromatic rings. The summed E-state index contributed by atoms with van der Waals surface area (Å²) in [5, 5.41) is 19.4. The van der Waals surface area contributed by atoms with Gasteiger partial charge in [-0.15, -0.1) is 0 Å². The second kappa shape index (κ2) is 5.25.